The van der Waals surface area contributed by atoms with E-state index in [4.69, 9.17) is 9.26 Å². The lowest BCUT2D eigenvalue weighted by Gasteiger charge is -2.17. The normalized spacial score (nSPS) is 29.1. The van der Waals surface area contributed by atoms with Crippen LogP contribution in [0.5, 0.6) is 0 Å². The Morgan fingerprint density at radius 2 is 2.29 bits per heavy atom. The zero-order chi connectivity index (χ0) is 14.7. The number of aromatic nitrogens is 2. The highest BCUT2D eigenvalue weighted by Crippen LogP contribution is 2.52. The monoisotopic (exact) mass is 293 g/mol. The maximum absolute atomic E-state index is 5.48. The molecule has 2 aliphatic rings. The van der Waals surface area contributed by atoms with Crippen molar-refractivity contribution >= 4 is 0 Å². The SMILES string of the molecule is CCCNC(COC)Cc1nc(C2CC3CCC2C3)no1. The molecule has 0 aromatic carbocycles. The maximum atomic E-state index is 5.48. The minimum atomic E-state index is 0.253. The molecule has 1 heterocycles. The minimum absolute atomic E-state index is 0.253. The van der Waals surface area contributed by atoms with Crippen molar-refractivity contribution in [3.05, 3.63) is 11.7 Å². The number of fused-ring (bicyclic) bond motifs is 2. The average molecular weight is 293 g/mol. The van der Waals surface area contributed by atoms with Gasteiger partial charge in [0.2, 0.25) is 5.89 Å². The molecule has 5 heteroatoms. The molecule has 2 fully saturated rings. The Balaban J connectivity index is 1.58. The van der Waals surface area contributed by atoms with Gasteiger partial charge in [0.05, 0.1) is 6.61 Å². The summed E-state index contributed by atoms with van der Waals surface area (Å²) in [6, 6.07) is 0.253. The fraction of sp³-hybridized carbons (Fsp3) is 0.875. The Labute approximate surface area is 126 Å². The number of ether oxygens (including phenoxy) is 1. The van der Waals surface area contributed by atoms with Crippen molar-refractivity contribution in [1.82, 2.24) is 15.5 Å². The van der Waals surface area contributed by atoms with Gasteiger partial charge in [0.25, 0.3) is 0 Å². The molecule has 0 saturated heterocycles. The van der Waals surface area contributed by atoms with Crippen molar-refractivity contribution in [1.29, 1.82) is 0 Å². The highest BCUT2D eigenvalue weighted by atomic mass is 16.5. The number of hydrogen-bond acceptors (Lipinski definition) is 5. The van der Waals surface area contributed by atoms with E-state index < -0.39 is 0 Å². The van der Waals surface area contributed by atoms with Crippen molar-refractivity contribution in [2.45, 2.75) is 57.4 Å². The summed E-state index contributed by atoms with van der Waals surface area (Å²) >= 11 is 0. The van der Waals surface area contributed by atoms with Gasteiger partial charge in [-0.15, -0.1) is 0 Å². The summed E-state index contributed by atoms with van der Waals surface area (Å²) in [6.07, 6.45) is 7.26. The van der Waals surface area contributed by atoms with E-state index in [2.05, 4.69) is 22.4 Å². The summed E-state index contributed by atoms with van der Waals surface area (Å²) in [7, 11) is 1.73. The molecule has 1 aromatic rings. The second-order valence-corrected chi connectivity index (χ2v) is 6.64. The van der Waals surface area contributed by atoms with Gasteiger partial charge in [-0.05, 0) is 44.1 Å². The molecule has 1 aromatic heterocycles. The lowest BCUT2D eigenvalue weighted by atomic mass is 9.88. The van der Waals surface area contributed by atoms with Gasteiger partial charge >= 0.3 is 0 Å². The molecule has 5 nitrogen and oxygen atoms in total. The smallest absolute Gasteiger partial charge is 0.228 e. The van der Waals surface area contributed by atoms with Crippen molar-refractivity contribution in [2.24, 2.45) is 11.8 Å². The summed E-state index contributed by atoms with van der Waals surface area (Å²) in [5.74, 6) is 3.95. The van der Waals surface area contributed by atoms with E-state index in [-0.39, 0.29) is 6.04 Å². The second-order valence-electron chi connectivity index (χ2n) is 6.64. The van der Waals surface area contributed by atoms with E-state index in [0.717, 1.165) is 42.9 Å². The van der Waals surface area contributed by atoms with Crippen LogP contribution in [0.1, 0.15) is 56.7 Å². The van der Waals surface area contributed by atoms with Crippen molar-refractivity contribution in [3.63, 3.8) is 0 Å². The first-order chi connectivity index (χ1) is 10.3. The summed E-state index contributed by atoms with van der Waals surface area (Å²) < 4.78 is 10.8. The van der Waals surface area contributed by atoms with Crippen LogP contribution in [-0.2, 0) is 11.2 Å². The molecule has 1 N–H and O–H groups in total. The molecule has 21 heavy (non-hydrogen) atoms. The predicted octanol–water partition coefficient (Wildman–Crippen LogP) is 2.53. The first-order valence-electron chi connectivity index (χ1n) is 8.35. The van der Waals surface area contributed by atoms with Crippen LogP contribution in [-0.4, -0.2) is 36.4 Å². The summed E-state index contributed by atoms with van der Waals surface area (Å²) in [5.41, 5.74) is 0. The number of nitrogens with one attached hydrogen (secondary N) is 1. The maximum Gasteiger partial charge on any atom is 0.228 e. The third-order valence-electron chi connectivity index (χ3n) is 5.03. The second kappa shape index (κ2) is 6.88. The quantitative estimate of drug-likeness (QED) is 0.798. The molecule has 2 saturated carbocycles. The molecule has 0 amide bonds. The lowest BCUT2D eigenvalue weighted by molar-refractivity contribution is 0.161. The van der Waals surface area contributed by atoms with Crippen LogP contribution in [0.4, 0.5) is 0 Å². The third kappa shape index (κ3) is 3.46. The van der Waals surface area contributed by atoms with Crippen LogP contribution in [0.2, 0.25) is 0 Å². The molecule has 0 spiro atoms. The molecule has 0 radical (unpaired) electrons. The van der Waals surface area contributed by atoms with Gasteiger partial charge in [0.15, 0.2) is 5.82 Å². The van der Waals surface area contributed by atoms with Gasteiger partial charge in [-0.3, -0.25) is 0 Å². The van der Waals surface area contributed by atoms with Crippen molar-refractivity contribution < 1.29 is 9.26 Å². The van der Waals surface area contributed by atoms with E-state index >= 15 is 0 Å². The molecule has 0 aliphatic heterocycles. The average Bonchev–Trinajstić information content (AvgIpc) is 3.20. The van der Waals surface area contributed by atoms with Gasteiger partial charge in [0.1, 0.15) is 0 Å². The number of rotatable bonds is 8. The minimum Gasteiger partial charge on any atom is -0.383 e. The fourth-order valence-corrected chi connectivity index (χ4v) is 4.01. The van der Waals surface area contributed by atoms with Crippen LogP contribution in [0.15, 0.2) is 4.52 Å². The van der Waals surface area contributed by atoms with Gasteiger partial charge in [-0.1, -0.05) is 18.5 Å². The van der Waals surface area contributed by atoms with Crippen LogP contribution >= 0.6 is 0 Å². The van der Waals surface area contributed by atoms with Crippen LogP contribution in [0.25, 0.3) is 0 Å². The molecule has 4 atom stereocenters. The lowest BCUT2D eigenvalue weighted by Crippen LogP contribution is -2.35. The highest BCUT2D eigenvalue weighted by molar-refractivity contribution is 5.06. The summed E-state index contributed by atoms with van der Waals surface area (Å²) in [4.78, 5) is 4.67. The van der Waals surface area contributed by atoms with Gasteiger partial charge in [0, 0.05) is 25.5 Å². The summed E-state index contributed by atoms with van der Waals surface area (Å²) in [6.45, 7) is 3.82. The zero-order valence-corrected chi connectivity index (χ0v) is 13.2. The summed E-state index contributed by atoms with van der Waals surface area (Å²) in [5, 5.41) is 7.73. The van der Waals surface area contributed by atoms with Gasteiger partial charge in [-0.2, -0.15) is 4.98 Å². The number of nitrogens with zero attached hydrogens (tertiary/aromatic N) is 2. The van der Waals surface area contributed by atoms with E-state index in [1.54, 1.807) is 7.11 Å². The molecular weight excluding hydrogens is 266 g/mol. The molecular formula is C16H27N3O2. The predicted molar refractivity (Wildman–Crippen MR) is 80.1 cm³/mol. The van der Waals surface area contributed by atoms with E-state index in [9.17, 15) is 0 Å². The fourth-order valence-electron chi connectivity index (χ4n) is 4.01. The highest BCUT2D eigenvalue weighted by Gasteiger charge is 2.42. The van der Waals surface area contributed by atoms with E-state index in [0.29, 0.717) is 12.5 Å². The first kappa shape index (κ1) is 15.0. The Kier molecular flexibility index (Phi) is 4.91. The largest absolute Gasteiger partial charge is 0.383 e. The van der Waals surface area contributed by atoms with Crippen LogP contribution in [0, 0.1) is 11.8 Å². The number of methoxy groups -OCH3 is 1. The molecule has 2 aliphatic carbocycles. The number of hydrogen-bond donors (Lipinski definition) is 1. The Morgan fingerprint density at radius 3 is 2.95 bits per heavy atom. The van der Waals surface area contributed by atoms with Crippen molar-refractivity contribution in [3.8, 4) is 0 Å². The molecule has 4 unspecified atom stereocenters. The molecule has 118 valence electrons. The van der Waals surface area contributed by atoms with E-state index in [1.807, 2.05) is 0 Å². The molecule has 2 bridgehead atoms. The Morgan fingerprint density at radius 1 is 1.38 bits per heavy atom. The Bertz CT molecular complexity index is 448. The Hall–Kier alpha value is -0.940. The van der Waals surface area contributed by atoms with Crippen molar-refractivity contribution in [2.75, 3.05) is 20.3 Å². The topological polar surface area (TPSA) is 60.2 Å². The first-order valence-corrected chi connectivity index (χ1v) is 8.35. The standard InChI is InChI=1S/C16H27N3O2/c1-3-6-17-13(10-20-2)9-15-18-16(19-21-15)14-8-11-4-5-12(14)7-11/h11-14,17H,3-10H2,1-2H3. The van der Waals surface area contributed by atoms with Crippen LogP contribution < -0.4 is 5.32 Å². The van der Waals surface area contributed by atoms with Crippen LogP contribution in [0.3, 0.4) is 0 Å². The third-order valence-corrected chi connectivity index (χ3v) is 5.03. The van der Waals surface area contributed by atoms with Gasteiger partial charge in [-0.25, -0.2) is 0 Å². The van der Waals surface area contributed by atoms with E-state index in [1.165, 1.54) is 25.7 Å². The zero-order valence-electron chi connectivity index (χ0n) is 13.2. The molecule has 3 rings (SSSR count). The van der Waals surface area contributed by atoms with Gasteiger partial charge < -0.3 is 14.6 Å².